The molecule has 0 radical (unpaired) electrons. The summed E-state index contributed by atoms with van der Waals surface area (Å²) < 4.78 is 12.9. The summed E-state index contributed by atoms with van der Waals surface area (Å²) in [5.41, 5.74) is 0.871. The van der Waals surface area contributed by atoms with E-state index in [9.17, 15) is 4.79 Å². The van der Waals surface area contributed by atoms with Crippen molar-refractivity contribution >= 4 is 5.91 Å². The van der Waals surface area contributed by atoms with Crippen molar-refractivity contribution in [3.8, 4) is 11.5 Å². The van der Waals surface area contributed by atoms with E-state index in [4.69, 9.17) is 9.47 Å². The lowest BCUT2D eigenvalue weighted by atomic mass is 10.0. The molecule has 1 aromatic carbocycles. The van der Waals surface area contributed by atoms with Crippen molar-refractivity contribution in [1.82, 2.24) is 25.4 Å². The predicted molar refractivity (Wildman–Crippen MR) is 110 cm³/mol. The highest BCUT2D eigenvalue weighted by Crippen LogP contribution is 2.29. The summed E-state index contributed by atoms with van der Waals surface area (Å²) in [4.78, 5) is 12.6. The second kappa shape index (κ2) is 9.26. The Morgan fingerprint density at radius 3 is 2.69 bits per heavy atom. The molecule has 0 saturated heterocycles. The van der Waals surface area contributed by atoms with Crippen molar-refractivity contribution in [3.63, 3.8) is 0 Å². The first-order chi connectivity index (χ1) is 13.9. The van der Waals surface area contributed by atoms with Gasteiger partial charge in [-0.1, -0.05) is 13.8 Å². The Hall–Kier alpha value is -2.61. The van der Waals surface area contributed by atoms with E-state index in [2.05, 4.69) is 39.2 Å². The smallest absolute Gasteiger partial charge is 0.234 e. The fraction of sp³-hybridized carbons (Fsp3) is 0.571. The van der Waals surface area contributed by atoms with Crippen LogP contribution in [0.4, 0.5) is 0 Å². The second-order valence-corrected chi connectivity index (χ2v) is 7.73. The van der Waals surface area contributed by atoms with E-state index < -0.39 is 0 Å². The first-order valence-corrected chi connectivity index (χ1v) is 10.1. The van der Waals surface area contributed by atoms with Gasteiger partial charge in [0.2, 0.25) is 5.91 Å². The first kappa shape index (κ1) is 21.1. The lowest BCUT2D eigenvalue weighted by Crippen LogP contribution is -2.39. The number of nitrogens with zero attached hydrogens (tertiary/aromatic N) is 3. The van der Waals surface area contributed by atoms with Crippen molar-refractivity contribution < 1.29 is 14.3 Å². The van der Waals surface area contributed by atoms with Gasteiger partial charge in [0.05, 0.1) is 32.8 Å². The molecule has 8 heteroatoms. The average Bonchev–Trinajstić information content (AvgIpc) is 3.32. The Kier molecular flexibility index (Phi) is 6.74. The number of methoxy groups -OCH3 is 2. The number of carbonyl (C=O) groups is 1. The van der Waals surface area contributed by atoms with Crippen LogP contribution in [-0.4, -0.2) is 41.4 Å². The number of aromatic nitrogens is 3. The lowest BCUT2D eigenvalue weighted by molar-refractivity contribution is -0.121. The fourth-order valence-electron chi connectivity index (χ4n) is 3.78. The molecule has 0 saturated carbocycles. The Morgan fingerprint density at radius 1 is 1.21 bits per heavy atom. The van der Waals surface area contributed by atoms with Gasteiger partial charge in [-0.2, -0.15) is 0 Å². The van der Waals surface area contributed by atoms with E-state index in [1.54, 1.807) is 14.2 Å². The van der Waals surface area contributed by atoms with Crippen LogP contribution in [0.25, 0.3) is 0 Å². The molecule has 1 amide bonds. The topological polar surface area (TPSA) is 90.3 Å². The minimum atomic E-state index is -0.218. The molecule has 8 nitrogen and oxygen atoms in total. The van der Waals surface area contributed by atoms with Gasteiger partial charge in [-0.15, -0.1) is 10.2 Å². The van der Waals surface area contributed by atoms with E-state index in [-0.39, 0.29) is 30.5 Å². The van der Waals surface area contributed by atoms with Crippen molar-refractivity contribution in [3.05, 3.63) is 35.4 Å². The number of hydrogen-bond donors (Lipinski definition) is 2. The van der Waals surface area contributed by atoms with Crippen LogP contribution in [0.1, 0.15) is 56.5 Å². The highest BCUT2D eigenvalue weighted by atomic mass is 16.5. The summed E-state index contributed by atoms with van der Waals surface area (Å²) in [6.45, 7) is 7.31. The summed E-state index contributed by atoms with van der Waals surface area (Å²) in [6, 6.07) is 5.32. The van der Waals surface area contributed by atoms with Crippen LogP contribution in [-0.2, 0) is 17.8 Å². The molecule has 2 aromatic rings. The Balaban J connectivity index is 1.64. The summed E-state index contributed by atoms with van der Waals surface area (Å²) in [5.74, 6) is 3.59. The molecule has 1 aliphatic rings. The SMILES string of the molecule is COc1ccc(OC)c([C@@H](C)NC(=O)CN[C@@H](c2nnc3n2CCC3)C(C)C)c1. The van der Waals surface area contributed by atoms with E-state index in [1.165, 1.54) is 0 Å². The number of hydrogen-bond acceptors (Lipinski definition) is 6. The predicted octanol–water partition coefficient (Wildman–Crippen LogP) is 2.41. The number of carbonyl (C=O) groups excluding carboxylic acids is 1. The molecule has 29 heavy (non-hydrogen) atoms. The highest BCUT2D eigenvalue weighted by Gasteiger charge is 2.26. The van der Waals surface area contributed by atoms with Gasteiger partial charge in [0.15, 0.2) is 0 Å². The molecule has 0 aliphatic carbocycles. The Morgan fingerprint density at radius 2 is 2.00 bits per heavy atom. The van der Waals surface area contributed by atoms with Gasteiger partial charge in [-0.25, -0.2) is 0 Å². The summed E-state index contributed by atoms with van der Waals surface area (Å²) in [6.07, 6.45) is 2.07. The normalized spacial score (nSPS) is 15.1. The number of amides is 1. The largest absolute Gasteiger partial charge is 0.497 e. The molecule has 2 atom stereocenters. The fourth-order valence-corrected chi connectivity index (χ4v) is 3.78. The maximum Gasteiger partial charge on any atom is 0.234 e. The molecule has 2 N–H and O–H groups in total. The van der Waals surface area contributed by atoms with Gasteiger partial charge >= 0.3 is 0 Å². The lowest BCUT2D eigenvalue weighted by Gasteiger charge is -2.23. The van der Waals surface area contributed by atoms with Crippen molar-refractivity contribution in [2.75, 3.05) is 20.8 Å². The average molecular weight is 402 g/mol. The number of benzene rings is 1. The maximum absolute atomic E-state index is 12.6. The van der Waals surface area contributed by atoms with Crippen LogP contribution < -0.4 is 20.1 Å². The zero-order chi connectivity index (χ0) is 21.0. The van der Waals surface area contributed by atoms with Gasteiger partial charge in [-0.3, -0.25) is 10.1 Å². The minimum absolute atomic E-state index is 0.0261. The van der Waals surface area contributed by atoms with Crippen molar-refractivity contribution in [1.29, 1.82) is 0 Å². The number of ether oxygens (including phenoxy) is 2. The number of nitrogens with one attached hydrogen (secondary N) is 2. The Labute approximate surface area is 172 Å². The zero-order valence-corrected chi connectivity index (χ0v) is 17.9. The van der Waals surface area contributed by atoms with Crippen LogP contribution in [0, 0.1) is 5.92 Å². The van der Waals surface area contributed by atoms with Crippen molar-refractivity contribution in [2.24, 2.45) is 5.92 Å². The molecule has 0 fully saturated rings. The van der Waals surface area contributed by atoms with Gasteiger partial charge < -0.3 is 19.4 Å². The number of fused-ring (bicyclic) bond motifs is 1. The molecule has 158 valence electrons. The summed E-state index contributed by atoms with van der Waals surface area (Å²) in [7, 11) is 3.23. The molecule has 3 rings (SSSR count). The highest BCUT2D eigenvalue weighted by molar-refractivity contribution is 5.78. The van der Waals surface area contributed by atoms with Crippen LogP contribution in [0.15, 0.2) is 18.2 Å². The molecule has 0 spiro atoms. The molecular formula is C21H31N5O3. The summed E-state index contributed by atoms with van der Waals surface area (Å²) in [5, 5.41) is 15.1. The van der Waals surface area contributed by atoms with Gasteiger partial charge in [0.25, 0.3) is 0 Å². The van der Waals surface area contributed by atoms with E-state index in [0.717, 1.165) is 42.3 Å². The van der Waals surface area contributed by atoms with Crippen LogP contribution in [0.3, 0.4) is 0 Å². The van der Waals surface area contributed by atoms with E-state index >= 15 is 0 Å². The van der Waals surface area contributed by atoms with E-state index in [1.807, 2.05) is 25.1 Å². The van der Waals surface area contributed by atoms with Crippen LogP contribution in [0.5, 0.6) is 11.5 Å². The molecule has 0 bridgehead atoms. The standard InChI is InChI=1S/C21H31N5O3/c1-13(2)20(21-25-24-18-7-6-10-26(18)21)22-12-19(27)23-14(3)16-11-15(28-4)8-9-17(16)29-5/h8-9,11,13-14,20,22H,6-7,10,12H2,1-5H3,(H,23,27)/t14-,20-/m1/s1. The monoisotopic (exact) mass is 401 g/mol. The van der Waals surface area contributed by atoms with Gasteiger partial charge in [0, 0.05) is 18.5 Å². The molecule has 2 heterocycles. The number of rotatable bonds is 9. The Bertz CT molecular complexity index is 849. The molecular weight excluding hydrogens is 370 g/mol. The molecule has 0 unspecified atom stereocenters. The third-order valence-corrected chi connectivity index (χ3v) is 5.35. The van der Waals surface area contributed by atoms with Crippen molar-refractivity contribution in [2.45, 2.75) is 52.2 Å². The third-order valence-electron chi connectivity index (χ3n) is 5.35. The third kappa shape index (κ3) is 4.70. The van der Waals surface area contributed by atoms with Gasteiger partial charge in [-0.05, 0) is 37.5 Å². The first-order valence-electron chi connectivity index (χ1n) is 10.1. The van der Waals surface area contributed by atoms with Crippen LogP contribution in [0.2, 0.25) is 0 Å². The van der Waals surface area contributed by atoms with E-state index in [0.29, 0.717) is 5.75 Å². The molecule has 1 aromatic heterocycles. The second-order valence-electron chi connectivity index (χ2n) is 7.73. The quantitative estimate of drug-likeness (QED) is 0.671. The minimum Gasteiger partial charge on any atom is -0.497 e. The summed E-state index contributed by atoms with van der Waals surface area (Å²) >= 11 is 0. The molecule has 1 aliphatic heterocycles. The number of aryl methyl sites for hydroxylation is 1. The zero-order valence-electron chi connectivity index (χ0n) is 17.9. The maximum atomic E-state index is 12.6. The van der Waals surface area contributed by atoms with Crippen LogP contribution >= 0.6 is 0 Å². The van der Waals surface area contributed by atoms with Gasteiger partial charge in [0.1, 0.15) is 23.1 Å².